The van der Waals surface area contributed by atoms with Gasteiger partial charge in [0.15, 0.2) is 11.5 Å². The summed E-state index contributed by atoms with van der Waals surface area (Å²) in [5.41, 5.74) is 0.257. The number of aromatic nitrogens is 6. The molecule has 0 bridgehead atoms. The molecule has 3 aromatic rings. The molecular weight excluding hydrogens is 208 g/mol. The minimum atomic E-state index is -0.217. The van der Waals surface area contributed by atoms with E-state index >= 15 is 0 Å². The number of aromatic amines is 1. The smallest absolute Gasteiger partial charge is 0.261 e. The molecule has 0 saturated carbocycles. The third kappa shape index (κ3) is 1.18. The largest absolute Gasteiger partial charge is 0.312 e. The van der Waals surface area contributed by atoms with Crippen LogP contribution >= 0.6 is 0 Å². The maximum atomic E-state index is 11.4. The third-order valence-electron chi connectivity index (χ3n) is 2.15. The lowest BCUT2D eigenvalue weighted by atomic mass is 10.4. The van der Waals surface area contributed by atoms with E-state index in [2.05, 4.69) is 25.0 Å². The molecule has 0 fully saturated rings. The van der Waals surface area contributed by atoms with E-state index in [1.165, 1.54) is 23.5 Å². The van der Waals surface area contributed by atoms with E-state index in [1.54, 1.807) is 12.3 Å². The van der Waals surface area contributed by atoms with Crippen LogP contribution < -0.4 is 5.56 Å². The maximum Gasteiger partial charge on any atom is 0.261 e. The van der Waals surface area contributed by atoms with Gasteiger partial charge in [0.2, 0.25) is 0 Å². The minimum Gasteiger partial charge on any atom is -0.312 e. The Labute approximate surface area is 88.8 Å². The molecule has 0 unspecified atom stereocenters. The molecule has 7 heteroatoms. The first kappa shape index (κ1) is 8.72. The lowest BCUT2D eigenvalue weighted by molar-refractivity contribution is 0.853. The van der Waals surface area contributed by atoms with Crippen molar-refractivity contribution < 1.29 is 0 Å². The van der Waals surface area contributed by atoms with Crippen molar-refractivity contribution in [3.05, 3.63) is 41.5 Å². The highest BCUT2D eigenvalue weighted by Gasteiger charge is 2.08. The summed E-state index contributed by atoms with van der Waals surface area (Å²) in [7, 11) is 0. The van der Waals surface area contributed by atoms with Gasteiger partial charge in [-0.05, 0) is 0 Å². The monoisotopic (exact) mass is 214 g/mol. The Bertz CT molecular complexity index is 686. The number of hydrogen-bond acceptors (Lipinski definition) is 5. The second kappa shape index (κ2) is 3.23. The number of fused-ring (bicyclic) bond motifs is 1. The molecule has 0 atom stereocenters. The molecule has 0 aliphatic carbocycles. The predicted octanol–water partition coefficient (Wildman–Crippen LogP) is -0.101. The molecule has 0 spiro atoms. The zero-order valence-corrected chi connectivity index (χ0v) is 8.03. The van der Waals surface area contributed by atoms with Crippen LogP contribution in [0.5, 0.6) is 0 Å². The van der Waals surface area contributed by atoms with Gasteiger partial charge in [0, 0.05) is 12.3 Å². The summed E-state index contributed by atoms with van der Waals surface area (Å²) < 4.78 is 1.49. The fourth-order valence-corrected chi connectivity index (χ4v) is 1.43. The van der Waals surface area contributed by atoms with Crippen LogP contribution in [0.15, 0.2) is 35.9 Å². The summed E-state index contributed by atoms with van der Waals surface area (Å²) in [5, 5.41) is 4.50. The lowest BCUT2D eigenvalue weighted by Gasteiger charge is -1.99. The molecule has 3 rings (SSSR count). The lowest BCUT2D eigenvalue weighted by Crippen LogP contribution is -2.07. The van der Waals surface area contributed by atoms with E-state index in [-0.39, 0.29) is 5.56 Å². The Morgan fingerprint density at radius 3 is 3.06 bits per heavy atom. The van der Waals surface area contributed by atoms with Crippen LogP contribution in [-0.4, -0.2) is 29.7 Å². The van der Waals surface area contributed by atoms with Gasteiger partial charge in [-0.15, -0.1) is 0 Å². The molecule has 0 aliphatic heterocycles. The Hall–Kier alpha value is -2.57. The Morgan fingerprint density at radius 1 is 1.31 bits per heavy atom. The molecule has 7 nitrogen and oxygen atoms in total. The fraction of sp³-hybridized carbons (Fsp3) is 0. The van der Waals surface area contributed by atoms with Crippen LogP contribution in [-0.2, 0) is 0 Å². The first-order chi connectivity index (χ1) is 7.86. The number of nitrogens with zero attached hydrogens (tertiary/aromatic N) is 5. The fourth-order valence-electron chi connectivity index (χ4n) is 1.43. The molecule has 1 N–H and O–H groups in total. The molecule has 0 amide bonds. The molecule has 0 aliphatic rings. The van der Waals surface area contributed by atoms with Crippen molar-refractivity contribution in [2.24, 2.45) is 0 Å². The topological polar surface area (TPSA) is 89.4 Å². The van der Waals surface area contributed by atoms with Gasteiger partial charge in [-0.25, -0.2) is 15.0 Å². The van der Waals surface area contributed by atoms with Crippen molar-refractivity contribution in [3.63, 3.8) is 0 Å². The zero-order chi connectivity index (χ0) is 11.0. The standard InChI is InChI=1S/C9H6N6O/c16-9-6-3-14-15(8(6)12-5-13-9)7-1-2-10-4-11-7/h1-5H,(H,12,13,16). The van der Waals surface area contributed by atoms with Crippen molar-refractivity contribution in [2.45, 2.75) is 0 Å². The van der Waals surface area contributed by atoms with Crippen LogP contribution in [0.1, 0.15) is 0 Å². The maximum absolute atomic E-state index is 11.4. The number of nitrogens with one attached hydrogen (secondary N) is 1. The van der Waals surface area contributed by atoms with Crippen molar-refractivity contribution in [2.75, 3.05) is 0 Å². The molecule has 78 valence electrons. The van der Waals surface area contributed by atoms with Gasteiger partial charge in [0.25, 0.3) is 5.56 Å². The Kier molecular flexibility index (Phi) is 1.76. The average molecular weight is 214 g/mol. The van der Waals surface area contributed by atoms with Gasteiger partial charge >= 0.3 is 0 Å². The van der Waals surface area contributed by atoms with Crippen molar-refractivity contribution >= 4 is 11.0 Å². The number of H-pyrrole nitrogens is 1. The highest BCUT2D eigenvalue weighted by atomic mass is 16.1. The van der Waals surface area contributed by atoms with Crippen molar-refractivity contribution in [3.8, 4) is 5.82 Å². The van der Waals surface area contributed by atoms with Crippen molar-refractivity contribution in [1.29, 1.82) is 0 Å². The van der Waals surface area contributed by atoms with Crippen LogP contribution in [0.2, 0.25) is 0 Å². The summed E-state index contributed by atoms with van der Waals surface area (Å²) in [6.45, 7) is 0. The van der Waals surface area contributed by atoms with Gasteiger partial charge in [0.05, 0.1) is 12.5 Å². The van der Waals surface area contributed by atoms with E-state index in [4.69, 9.17) is 0 Å². The molecule has 3 aromatic heterocycles. The van der Waals surface area contributed by atoms with Crippen LogP contribution in [0.25, 0.3) is 16.9 Å². The quantitative estimate of drug-likeness (QED) is 0.610. The first-order valence-corrected chi connectivity index (χ1v) is 4.54. The second-order valence-corrected chi connectivity index (χ2v) is 3.09. The highest BCUT2D eigenvalue weighted by molar-refractivity contribution is 5.74. The molecule has 0 radical (unpaired) electrons. The summed E-state index contributed by atoms with van der Waals surface area (Å²) >= 11 is 0. The molecule has 0 saturated heterocycles. The third-order valence-corrected chi connectivity index (χ3v) is 2.15. The van der Waals surface area contributed by atoms with Crippen LogP contribution in [0.3, 0.4) is 0 Å². The van der Waals surface area contributed by atoms with Gasteiger partial charge < -0.3 is 4.98 Å². The van der Waals surface area contributed by atoms with Crippen LogP contribution in [0, 0.1) is 0 Å². The number of rotatable bonds is 1. The average Bonchev–Trinajstić information content (AvgIpc) is 2.75. The normalized spacial score (nSPS) is 10.8. The SMILES string of the molecule is O=c1[nH]cnc2c1cnn2-c1ccncn1. The zero-order valence-electron chi connectivity index (χ0n) is 8.03. The highest BCUT2D eigenvalue weighted by Crippen LogP contribution is 2.09. The van der Waals surface area contributed by atoms with Crippen LogP contribution in [0.4, 0.5) is 0 Å². The summed E-state index contributed by atoms with van der Waals surface area (Å²) in [6.07, 6.45) is 5.81. The molecular formula is C9H6N6O. The molecule has 16 heavy (non-hydrogen) atoms. The van der Waals surface area contributed by atoms with Gasteiger partial charge in [-0.1, -0.05) is 0 Å². The first-order valence-electron chi connectivity index (χ1n) is 4.54. The van der Waals surface area contributed by atoms with E-state index < -0.39 is 0 Å². The van der Waals surface area contributed by atoms with Gasteiger partial charge in [0.1, 0.15) is 11.7 Å². The van der Waals surface area contributed by atoms with Crippen molar-refractivity contribution in [1.82, 2.24) is 29.7 Å². The molecule has 0 aromatic carbocycles. The van der Waals surface area contributed by atoms with Gasteiger partial charge in [-0.2, -0.15) is 9.78 Å². The van der Waals surface area contributed by atoms with E-state index in [9.17, 15) is 4.79 Å². The van der Waals surface area contributed by atoms with E-state index in [0.29, 0.717) is 16.9 Å². The second-order valence-electron chi connectivity index (χ2n) is 3.09. The Balaban J connectivity index is 2.34. The molecule has 3 heterocycles. The predicted molar refractivity (Wildman–Crippen MR) is 55.1 cm³/mol. The van der Waals surface area contributed by atoms with E-state index in [0.717, 1.165) is 0 Å². The summed E-state index contributed by atoms with van der Waals surface area (Å²) in [5.74, 6) is 0.572. The van der Waals surface area contributed by atoms with E-state index in [1.807, 2.05) is 0 Å². The summed E-state index contributed by atoms with van der Waals surface area (Å²) in [6, 6.07) is 1.69. The Morgan fingerprint density at radius 2 is 2.25 bits per heavy atom. The summed E-state index contributed by atoms with van der Waals surface area (Å²) in [4.78, 5) is 25.8. The van der Waals surface area contributed by atoms with Gasteiger partial charge in [-0.3, -0.25) is 4.79 Å². The number of hydrogen-bond donors (Lipinski definition) is 1. The minimum absolute atomic E-state index is 0.217.